The van der Waals surface area contributed by atoms with Crippen molar-refractivity contribution >= 4 is 5.91 Å². The number of carbonyl (C=O) groups is 1. The van der Waals surface area contributed by atoms with Crippen molar-refractivity contribution in [1.29, 1.82) is 0 Å². The summed E-state index contributed by atoms with van der Waals surface area (Å²) in [4.78, 5) is 11.9. The first-order valence-electron chi connectivity index (χ1n) is 5.66. The van der Waals surface area contributed by atoms with Crippen LogP contribution in [0.25, 0.3) is 0 Å². The van der Waals surface area contributed by atoms with Crippen LogP contribution >= 0.6 is 0 Å². The third kappa shape index (κ3) is 2.24. The fraction of sp³-hybridized carbons (Fsp3) is 0.636. The molecule has 2 unspecified atom stereocenters. The number of nitrogens with zero attached hydrogens (tertiary/aromatic N) is 2. The van der Waals surface area contributed by atoms with Crippen LogP contribution in [0, 0.1) is 5.92 Å². The summed E-state index contributed by atoms with van der Waals surface area (Å²) in [6.45, 7) is 3.58. The van der Waals surface area contributed by atoms with Crippen LogP contribution in [0.1, 0.15) is 19.0 Å². The van der Waals surface area contributed by atoms with E-state index in [1.807, 2.05) is 13.1 Å². The summed E-state index contributed by atoms with van der Waals surface area (Å²) in [6, 6.07) is 1.87. The molecule has 16 heavy (non-hydrogen) atoms. The molecule has 1 aliphatic rings. The number of hydrogen-bond acceptors (Lipinski definition) is 3. The molecule has 1 aromatic rings. The molecule has 1 aliphatic heterocycles. The van der Waals surface area contributed by atoms with Crippen LogP contribution < -0.4 is 10.6 Å². The van der Waals surface area contributed by atoms with Crippen LogP contribution in [0.15, 0.2) is 12.3 Å². The Hall–Kier alpha value is -1.36. The second kappa shape index (κ2) is 4.65. The molecule has 1 aromatic heterocycles. The molecule has 2 rings (SSSR count). The topological polar surface area (TPSA) is 59.0 Å². The monoisotopic (exact) mass is 222 g/mol. The lowest BCUT2D eigenvalue weighted by molar-refractivity contribution is -0.123. The largest absolute Gasteiger partial charge is 0.349 e. The van der Waals surface area contributed by atoms with Crippen LogP contribution in [0.4, 0.5) is 0 Å². The molecule has 1 amide bonds. The van der Waals surface area contributed by atoms with Gasteiger partial charge in [-0.25, -0.2) is 0 Å². The van der Waals surface area contributed by atoms with E-state index in [9.17, 15) is 4.79 Å². The summed E-state index contributed by atoms with van der Waals surface area (Å²) in [6.07, 6.45) is 2.81. The van der Waals surface area contributed by atoms with Gasteiger partial charge in [0, 0.05) is 13.2 Å². The summed E-state index contributed by atoms with van der Waals surface area (Å²) in [7, 11) is 1.87. The zero-order valence-corrected chi connectivity index (χ0v) is 9.73. The average Bonchev–Trinajstić information content (AvgIpc) is 2.84. The highest BCUT2D eigenvalue weighted by Crippen LogP contribution is 2.14. The summed E-state index contributed by atoms with van der Waals surface area (Å²) in [5, 5.41) is 10.2. The number of carbonyl (C=O) groups excluding carboxylic acids is 1. The van der Waals surface area contributed by atoms with Crippen molar-refractivity contribution in [2.45, 2.75) is 25.9 Å². The van der Waals surface area contributed by atoms with Gasteiger partial charge in [0.05, 0.1) is 18.3 Å². The van der Waals surface area contributed by atoms with E-state index in [-0.39, 0.29) is 11.9 Å². The SMILES string of the molecule is CC1CCNC1C(=O)NCc1ccnn1C. The number of aryl methyl sites for hydroxylation is 1. The van der Waals surface area contributed by atoms with E-state index in [0.717, 1.165) is 18.7 Å². The second-order valence-corrected chi connectivity index (χ2v) is 4.36. The third-order valence-corrected chi connectivity index (χ3v) is 3.18. The second-order valence-electron chi connectivity index (χ2n) is 4.36. The quantitative estimate of drug-likeness (QED) is 0.759. The van der Waals surface area contributed by atoms with E-state index < -0.39 is 0 Å². The van der Waals surface area contributed by atoms with E-state index in [1.165, 1.54) is 0 Å². The summed E-state index contributed by atoms with van der Waals surface area (Å²) >= 11 is 0. The summed E-state index contributed by atoms with van der Waals surface area (Å²) < 4.78 is 1.77. The van der Waals surface area contributed by atoms with Crippen molar-refractivity contribution in [1.82, 2.24) is 20.4 Å². The van der Waals surface area contributed by atoms with Crippen molar-refractivity contribution in [3.05, 3.63) is 18.0 Å². The smallest absolute Gasteiger partial charge is 0.237 e. The Morgan fingerprint density at radius 2 is 2.56 bits per heavy atom. The molecule has 5 nitrogen and oxygen atoms in total. The van der Waals surface area contributed by atoms with E-state index in [0.29, 0.717) is 12.5 Å². The van der Waals surface area contributed by atoms with Crippen molar-refractivity contribution in [2.75, 3.05) is 6.54 Å². The Labute approximate surface area is 95.2 Å². The minimum Gasteiger partial charge on any atom is -0.349 e. The third-order valence-electron chi connectivity index (χ3n) is 3.18. The Kier molecular flexibility index (Phi) is 3.24. The normalized spacial score (nSPS) is 24.6. The molecule has 0 aliphatic carbocycles. The van der Waals surface area contributed by atoms with Crippen LogP contribution in [0.5, 0.6) is 0 Å². The molecule has 0 aromatic carbocycles. The van der Waals surface area contributed by atoms with E-state index >= 15 is 0 Å². The summed E-state index contributed by atoms with van der Waals surface area (Å²) in [5.74, 6) is 0.512. The van der Waals surface area contributed by atoms with Crippen molar-refractivity contribution in [2.24, 2.45) is 13.0 Å². The molecule has 1 fully saturated rings. The van der Waals surface area contributed by atoms with E-state index in [2.05, 4.69) is 22.7 Å². The van der Waals surface area contributed by atoms with Gasteiger partial charge in [0.1, 0.15) is 0 Å². The molecule has 0 radical (unpaired) electrons. The standard InChI is InChI=1S/C11H18N4O/c1-8-3-5-12-10(8)11(16)13-7-9-4-6-14-15(9)2/h4,6,8,10,12H,3,5,7H2,1-2H3,(H,13,16). The van der Waals surface area contributed by atoms with Gasteiger partial charge in [0.15, 0.2) is 0 Å². The fourth-order valence-corrected chi connectivity index (χ4v) is 2.05. The molecular weight excluding hydrogens is 204 g/mol. The average molecular weight is 222 g/mol. The van der Waals surface area contributed by atoms with Crippen LogP contribution in [0.3, 0.4) is 0 Å². The Bertz CT molecular complexity index is 374. The van der Waals surface area contributed by atoms with Gasteiger partial charge in [0.2, 0.25) is 5.91 Å². The molecule has 0 saturated carbocycles. The highest BCUT2D eigenvalue weighted by atomic mass is 16.2. The molecule has 5 heteroatoms. The number of aromatic nitrogens is 2. The maximum Gasteiger partial charge on any atom is 0.237 e. The highest BCUT2D eigenvalue weighted by molar-refractivity contribution is 5.82. The molecule has 0 spiro atoms. The Balaban J connectivity index is 1.86. The summed E-state index contributed by atoms with van der Waals surface area (Å²) in [5.41, 5.74) is 1.01. The van der Waals surface area contributed by atoms with Crippen molar-refractivity contribution in [3.63, 3.8) is 0 Å². The van der Waals surface area contributed by atoms with Gasteiger partial charge in [-0.15, -0.1) is 0 Å². The van der Waals surface area contributed by atoms with Gasteiger partial charge in [-0.3, -0.25) is 9.48 Å². The van der Waals surface area contributed by atoms with Crippen LogP contribution in [-0.2, 0) is 18.4 Å². The molecule has 0 bridgehead atoms. The predicted octanol–water partition coefficient (Wildman–Crippen LogP) is 0.0343. The lowest BCUT2D eigenvalue weighted by Crippen LogP contribution is -2.43. The highest BCUT2D eigenvalue weighted by Gasteiger charge is 2.28. The van der Waals surface area contributed by atoms with Crippen LogP contribution in [-0.4, -0.2) is 28.3 Å². The Morgan fingerprint density at radius 3 is 3.12 bits per heavy atom. The van der Waals surface area contributed by atoms with Gasteiger partial charge in [-0.2, -0.15) is 5.10 Å². The zero-order chi connectivity index (χ0) is 11.5. The van der Waals surface area contributed by atoms with Crippen LogP contribution in [0.2, 0.25) is 0 Å². The van der Waals surface area contributed by atoms with Gasteiger partial charge >= 0.3 is 0 Å². The number of rotatable bonds is 3. The molecule has 2 N–H and O–H groups in total. The maximum atomic E-state index is 11.9. The molecule has 88 valence electrons. The lowest BCUT2D eigenvalue weighted by atomic mass is 10.0. The Morgan fingerprint density at radius 1 is 1.75 bits per heavy atom. The molecule has 2 atom stereocenters. The first-order valence-corrected chi connectivity index (χ1v) is 5.66. The number of amides is 1. The molecular formula is C11H18N4O. The van der Waals surface area contributed by atoms with Crippen molar-refractivity contribution < 1.29 is 4.79 Å². The first-order chi connectivity index (χ1) is 7.68. The minimum absolute atomic E-state index is 0.0340. The minimum atomic E-state index is -0.0340. The molecule has 2 heterocycles. The van der Waals surface area contributed by atoms with E-state index in [4.69, 9.17) is 0 Å². The predicted molar refractivity (Wildman–Crippen MR) is 60.6 cm³/mol. The van der Waals surface area contributed by atoms with Gasteiger partial charge < -0.3 is 10.6 Å². The number of hydrogen-bond donors (Lipinski definition) is 2. The first kappa shape index (κ1) is 11.1. The number of nitrogens with one attached hydrogen (secondary N) is 2. The van der Waals surface area contributed by atoms with Crippen molar-refractivity contribution in [3.8, 4) is 0 Å². The zero-order valence-electron chi connectivity index (χ0n) is 9.73. The van der Waals surface area contributed by atoms with Gasteiger partial charge in [-0.05, 0) is 24.9 Å². The molecule has 1 saturated heterocycles. The van der Waals surface area contributed by atoms with Gasteiger partial charge in [0.25, 0.3) is 0 Å². The van der Waals surface area contributed by atoms with E-state index in [1.54, 1.807) is 10.9 Å². The maximum absolute atomic E-state index is 11.9. The lowest BCUT2D eigenvalue weighted by Gasteiger charge is -2.15. The fourth-order valence-electron chi connectivity index (χ4n) is 2.05. The van der Waals surface area contributed by atoms with Gasteiger partial charge in [-0.1, -0.05) is 6.92 Å².